The molecule has 0 fully saturated rings. The third-order valence-electron chi connectivity index (χ3n) is 6.20. The lowest BCUT2D eigenvalue weighted by molar-refractivity contribution is 0.625. The van der Waals surface area contributed by atoms with Gasteiger partial charge in [0.05, 0.1) is 16.9 Å². The Hall–Kier alpha value is -4.61. The maximum Gasteiger partial charge on any atom is 0.157 e. The fraction of sp³-hybridized carbons (Fsp3) is 0.0714. The highest BCUT2D eigenvalue weighted by Crippen LogP contribution is 2.34. The number of benzene rings is 2. The predicted octanol–water partition coefficient (Wildman–Crippen LogP) is 5.39. The van der Waals surface area contributed by atoms with Crippen LogP contribution in [0.25, 0.3) is 55.8 Å². The first kappa shape index (κ1) is 24.7. The fourth-order valence-corrected chi connectivity index (χ4v) is 4.96. The van der Waals surface area contributed by atoms with Crippen molar-refractivity contribution in [3.63, 3.8) is 0 Å². The smallest absolute Gasteiger partial charge is 0.157 e. The van der Waals surface area contributed by atoms with Crippen molar-refractivity contribution in [2.45, 2.75) is 6.54 Å². The van der Waals surface area contributed by atoms with Gasteiger partial charge < -0.3 is 10.7 Å². The fourth-order valence-electron chi connectivity index (χ4n) is 4.45. The van der Waals surface area contributed by atoms with Gasteiger partial charge in [-0.05, 0) is 59.8 Å². The number of fused-ring (bicyclic) bond motifs is 2. The Morgan fingerprint density at radius 2 is 1.85 bits per heavy atom. The van der Waals surface area contributed by atoms with E-state index in [1.165, 1.54) is 24.4 Å². The minimum absolute atomic E-state index is 0.177. The van der Waals surface area contributed by atoms with E-state index in [1.54, 1.807) is 24.5 Å². The number of hydrogen-bond acceptors (Lipinski definition) is 6. The average molecular weight is 543 g/mol. The molecule has 2 aromatic carbocycles. The number of nitrogen functional groups attached to an aromatic ring is 1. The lowest BCUT2D eigenvalue weighted by Crippen LogP contribution is -2.08. The summed E-state index contributed by atoms with van der Waals surface area (Å²) < 4.78 is 32.9. The molecule has 5 N–H and O–H groups in total. The Morgan fingerprint density at radius 3 is 2.64 bits per heavy atom. The summed E-state index contributed by atoms with van der Waals surface area (Å²) in [6.45, 7) is 0.419. The van der Waals surface area contributed by atoms with Gasteiger partial charge in [0.15, 0.2) is 11.6 Å². The molecule has 0 saturated carbocycles. The Morgan fingerprint density at radius 1 is 1.00 bits per heavy atom. The monoisotopic (exact) mass is 542 g/mol. The van der Waals surface area contributed by atoms with Crippen molar-refractivity contribution in [1.29, 1.82) is 0 Å². The molecular formula is C28H24F2N8S. The minimum atomic E-state index is -1.46. The molecule has 0 radical (unpaired) electrons. The van der Waals surface area contributed by atoms with E-state index in [-0.39, 0.29) is 11.3 Å². The van der Waals surface area contributed by atoms with Gasteiger partial charge >= 0.3 is 0 Å². The highest BCUT2D eigenvalue weighted by atomic mass is 32.2. The molecule has 0 saturated heterocycles. The van der Waals surface area contributed by atoms with Crippen LogP contribution in [0.3, 0.4) is 0 Å². The summed E-state index contributed by atoms with van der Waals surface area (Å²) >= 11 is 0. The first-order valence-electron chi connectivity index (χ1n) is 11.9. The van der Waals surface area contributed by atoms with Crippen LogP contribution in [0.5, 0.6) is 0 Å². The van der Waals surface area contributed by atoms with Crippen molar-refractivity contribution in [3.05, 3.63) is 78.3 Å². The molecular weight excluding hydrogens is 518 g/mol. The molecule has 196 valence electrons. The summed E-state index contributed by atoms with van der Waals surface area (Å²) in [6, 6.07) is 11.5. The van der Waals surface area contributed by atoms with Gasteiger partial charge in [0.25, 0.3) is 0 Å². The number of anilines is 1. The van der Waals surface area contributed by atoms with Crippen molar-refractivity contribution < 1.29 is 8.78 Å². The number of halogens is 2. The summed E-state index contributed by atoms with van der Waals surface area (Å²) in [4.78, 5) is 16.7. The van der Waals surface area contributed by atoms with E-state index >= 15 is 4.39 Å². The normalized spacial score (nSPS) is 12.0. The van der Waals surface area contributed by atoms with Gasteiger partial charge in [0.1, 0.15) is 22.5 Å². The van der Waals surface area contributed by atoms with E-state index in [0.717, 1.165) is 5.56 Å². The Labute approximate surface area is 223 Å². The van der Waals surface area contributed by atoms with Crippen molar-refractivity contribution in [1.82, 2.24) is 34.9 Å². The number of rotatable bonds is 6. The van der Waals surface area contributed by atoms with Gasteiger partial charge in [-0.25, -0.2) is 13.8 Å². The average Bonchev–Trinajstić information content (AvgIpc) is 3.51. The van der Waals surface area contributed by atoms with Crippen molar-refractivity contribution in [3.8, 4) is 33.9 Å². The Bertz CT molecular complexity index is 1990. The number of nitrogens with one attached hydrogen (secondary N) is 3. The maximum absolute atomic E-state index is 15.0. The largest absolute Gasteiger partial charge is 0.397 e. The van der Waals surface area contributed by atoms with E-state index in [1.807, 2.05) is 18.4 Å². The van der Waals surface area contributed by atoms with Gasteiger partial charge in [0.2, 0.25) is 0 Å². The SMILES string of the molecule is C=S(=C)(C)NCc1cc(F)cc(-c2nccc3[nH]c(-c4[nH]nc5c(F)cc(-c6cncc(N)c6)cc45)nc23)c1. The van der Waals surface area contributed by atoms with Crippen molar-refractivity contribution in [2.24, 2.45) is 0 Å². The molecule has 0 aliphatic heterocycles. The summed E-state index contributed by atoms with van der Waals surface area (Å²) in [5.41, 5.74) is 11.4. The summed E-state index contributed by atoms with van der Waals surface area (Å²) in [6.07, 6.45) is 6.69. The van der Waals surface area contributed by atoms with Crippen LogP contribution in [-0.4, -0.2) is 48.1 Å². The first-order chi connectivity index (χ1) is 18.6. The first-order valence-corrected chi connectivity index (χ1v) is 14.2. The zero-order valence-corrected chi connectivity index (χ0v) is 21.7. The molecule has 6 aromatic rings. The van der Waals surface area contributed by atoms with E-state index in [0.29, 0.717) is 62.6 Å². The summed E-state index contributed by atoms with van der Waals surface area (Å²) in [7, 11) is -1.46. The second-order valence-electron chi connectivity index (χ2n) is 9.54. The molecule has 0 amide bonds. The Balaban J connectivity index is 1.46. The molecule has 0 unspecified atom stereocenters. The third-order valence-corrected chi connectivity index (χ3v) is 7.04. The maximum atomic E-state index is 15.0. The van der Waals surface area contributed by atoms with Crippen molar-refractivity contribution in [2.75, 3.05) is 12.0 Å². The number of hydrogen-bond donors (Lipinski definition) is 4. The molecule has 4 heterocycles. The molecule has 39 heavy (non-hydrogen) atoms. The van der Waals surface area contributed by atoms with E-state index in [4.69, 9.17) is 10.7 Å². The van der Waals surface area contributed by atoms with Crippen LogP contribution in [0.4, 0.5) is 14.5 Å². The van der Waals surface area contributed by atoms with Crippen LogP contribution in [0.1, 0.15) is 5.56 Å². The van der Waals surface area contributed by atoms with E-state index < -0.39 is 15.2 Å². The zero-order valence-electron chi connectivity index (χ0n) is 20.9. The van der Waals surface area contributed by atoms with Crippen LogP contribution in [-0.2, 0) is 6.54 Å². The van der Waals surface area contributed by atoms with Crippen LogP contribution < -0.4 is 10.5 Å². The highest BCUT2D eigenvalue weighted by molar-refractivity contribution is 8.25. The Kier molecular flexibility index (Phi) is 5.89. The molecule has 0 bridgehead atoms. The summed E-state index contributed by atoms with van der Waals surface area (Å²) in [5, 5.41) is 7.62. The van der Waals surface area contributed by atoms with Crippen LogP contribution >= 0.6 is 9.39 Å². The minimum Gasteiger partial charge on any atom is -0.397 e. The number of nitrogens with two attached hydrogens (primary N) is 1. The number of aromatic amines is 2. The molecule has 6 rings (SSSR count). The number of aromatic nitrogens is 6. The molecule has 0 spiro atoms. The second kappa shape index (κ2) is 9.29. The van der Waals surface area contributed by atoms with Gasteiger partial charge in [-0.3, -0.25) is 19.8 Å². The number of imidazole rings is 1. The van der Waals surface area contributed by atoms with Gasteiger partial charge in [0, 0.05) is 41.6 Å². The standard InChI is InChI=1S/C28H24F2N8S/c1-39(2,3)34-12-15-6-17(8-19(29)7-15)24-27-23(4-5-33-24)35-28(36-27)26-21-10-16(11-22(30)25(21)37-38-26)18-9-20(31)14-32-13-18/h4-11,13-14,34H,1-2,12,31H2,3H3,(H,35,36)(H,37,38). The molecule has 4 aromatic heterocycles. The van der Waals surface area contributed by atoms with Gasteiger partial charge in [-0.15, -0.1) is 0 Å². The molecule has 0 aliphatic carbocycles. The van der Waals surface area contributed by atoms with E-state index in [2.05, 4.69) is 41.6 Å². The molecule has 11 heteroatoms. The third kappa shape index (κ3) is 4.85. The number of H-pyrrole nitrogens is 2. The number of pyridine rings is 2. The molecule has 0 aliphatic rings. The van der Waals surface area contributed by atoms with Gasteiger partial charge in [-0.2, -0.15) is 14.5 Å². The quantitative estimate of drug-likeness (QED) is 0.209. The zero-order chi connectivity index (χ0) is 27.3. The molecule has 0 atom stereocenters. The van der Waals surface area contributed by atoms with Crippen LogP contribution in [0.15, 0.2) is 61.1 Å². The lowest BCUT2D eigenvalue weighted by atomic mass is 10.0. The van der Waals surface area contributed by atoms with Gasteiger partial charge in [-0.1, -0.05) is 11.7 Å². The van der Waals surface area contributed by atoms with Crippen LogP contribution in [0, 0.1) is 11.6 Å². The predicted molar refractivity (Wildman–Crippen MR) is 157 cm³/mol. The van der Waals surface area contributed by atoms with Crippen LogP contribution in [0.2, 0.25) is 0 Å². The lowest BCUT2D eigenvalue weighted by Gasteiger charge is -2.12. The molecule has 8 nitrogen and oxygen atoms in total. The van der Waals surface area contributed by atoms with Crippen molar-refractivity contribution >= 4 is 48.8 Å². The number of nitrogens with zero attached hydrogens (tertiary/aromatic N) is 4. The topological polar surface area (TPSA) is 121 Å². The summed E-state index contributed by atoms with van der Waals surface area (Å²) in [5.74, 6) is 7.58. The highest BCUT2D eigenvalue weighted by Gasteiger charge is 2.19. The second-order valence-corrected chi connectivity index (χ2v) is 12.4. The van der Waals surface area contributed by atoms with E-state index in [9.17, 15) is 4.39 Å².